The van der Waals surface area contributed by atoms with Crippen LogP contribution in [0.15, 0.2) is 24.5 Å². The number of hydrogen-bond acceptors (Lipinski definition) is 4. The van der Waals surface area contributed by atoms with Crippen LogP contribution in [0.25, 0.3) is 0 Å². The van der Waals surface area contributed by atoms with Crippen molar-refractivity contribution in [2.75, 3.05) is 13.6 Å². The molecule has 0 fully saturated rings. The highest BCUT2D eigenvalue weighted by Crippen LogP contribution is 2.12. The lowest BCUT2D eigenvalue weighted by atomic mass is 10.2. The molecule has 0 bridgehead atoms. The molecule has 1 aromatic rings. The molecule has 19 heavy (non-hydrogen) atoms. The highest BCUT2D eigenvalue weighted by molar-refractivity contribution is 7.92. The smallest absolute Gasteiger partial charge is 0.223 e. The van der Waals surface area contributed by atoms with Crippen molar-refractivity contribution in [1.29, 1.82) is 0 Å². The molecule has 1 unspecified atom stereocenters. The van der Waals surface area contributed by atoms with Crippen LogP contribution in [0.1, 0.15) is 18.9 Å². The fourth-order valence-corrected chi connectivity index (χ4v) is 3.77. The molecule has 0 saturated heterocycles. The van der Waals surface area contributed by atoms with Crippen molar-refractivity contribution in [3.05, 3.63) is 30.1 Å². The quantitative estimate of drug-likeness (QED) is 0.759. The molecule has 1 heterocycles. The third-order valence-corrected chi connectivity index (χ3v) is 5.74. The Morgan fingerprint density at radius 3 is 2.53 bits per heavy atom. The minimum atomic E-state index is -3.47. The number of nitrogens with two attached hydrogens (primary N) is 1. The van der Waals surface area contributed by atoms with E-state index in [-0.39, 0.29) is 4.99 Å². The molecular weight excluding hydrogens is 282 g/mol. The monoisotopic (exact) mass is 301 g/mol. The number of likely N-dealkylation sites (N-methyl/N-ethyl adjacent to an activating group) is 1. The van der Waals surface area contributed by atoms with Gasteiger partial charge in [0.05, 0.1) is 4.99 Å². The van der Waals surface area contributed by atoms with Crippen LogP contribution in [0.4, 0.5) is 0 Å². The van der Waals surface area contributed by atoms with Crippen LogP contribution in [0, 0.1) is 0 Å². The Hall–Kier alpha value is -1.05. The van der Waals surface area contributed by atoms with Gasteiger partial charge in [0.2, 0.25) is 10.0 Å². The highest BCUT2D eigenvalue weighted by Gasteiger charge is 2.30. The van der Waals surface area contributed by atoms with Gasteiger partial charge in [-0.2, -0.15) is 0 Å². The summed E-state index contributed by atoms with van der Waals surface area (Å²) < 4.78 is 25.9. The number of sulfonamides is 1. The molecule has 0 radical (unpaired) electrons. The van der Waals surface area contributed by atoms with E-state index >= 15 is 0 Å². The maximum Gasteiger partial charge on any atom is 0.223 e. The molecule has 0 aliphatic carbocycles. The highest BCUT2D eigenvalue weighted by atomic mass is 32.2. The van der Waals surface area contributed by atoms with E-state index in [1.54, 1.807) is 26.4 Å². The van der Waals surface area contributed by atoms with Crippen LogP contribution in [0.3, 0.4) is 0 Å². The molecular formula is C12H19N3O2S2. The van der Waals surface area contributed by atoms with Gasteiger partial charge in [0, 0.05) is 26.0 Å². The lowest BCUT2D eigenvalue weighted by Gasteiger charge is -2.22. The van der Waals surface area contributed by atoms with E-state index in [2.05, 4.69) is 4.98 Å². The second-order valence-electron chi connectivity index (χ2n) is 4.27. The summed E-state index contributed by atoms with van der Waals surface area (Å²) in [6.45, 7) is 2.16. The zero-order valence-electron chi connectivity index (χ0n) is 11.1. The Kier molecular flexibility index (Phi) is 5.84. The number of nitrogens with zero attached hydrogens (tertiary/aromatic N) is 2. The van der Waals surface area contributed by atoms with E-state index < -0.39 is 15.3 Å². The molecule has 0 aliphatic rings. The van der Waals surface area contributed by atoms with Gasteiger partial charge in [-0.25, -0.2) is 12.7 Å². The summed E-state index contributed by atoms with van der Waals surface area (Å²) >= 11 is 4.82. The molecule has 0 aliphatic heterocycles. The first-order valence-corrected chi connectivity index (χ1v) is 7.94. The zero-order chi connectivity index (χ0) is 14.5. The fourth-order valence-electron chi connectivity index (χ4n) is 1.74. The van der Waals surface area contributed by atoms with E-state index in [0.717, 1.165) is 5.56 Å². The second kappa shape index (κ2) is 6.93. The lowest BCUT2D eigenvalue weighted by Crippen LogP contribution is -2.43. The number of pyridine rings is 1. The first kappa shape index (κ1) is 16.0. The molecule has 0 saturated carbocycles. The van der Waals surface area contributed by atoms with E-state index in [1.165, 1.54) is 4.31 Å². The summed E-state index contributed by atoms with van der Waals surface area (Å²) in [4.78, 5) is 3.95. The minimum absolute atomic E-state index is 0.0262. The van der Waals surface area contributed by atoms with Crippen LogP contribution < -0.4 is 5.73 Å². The summed E-state index contributed by atoms with van der Waals surface area (Å²) in [6, 6.07) is 3.73. The largest absolute Gasteiger partial charge is 0.392 e. The number of aromatic nitrogens is 1. The molecule has 1 rings (SSSR count). The predicted octanol–water partition coefficient (Wildman–Crippen LogP) is 0.950. The number of hydrogen-bond donors (Lipinski definition) is 1. The van der Waals surface area contributed by atoms with Gasteiger partial charge in [-0.15, -0.1) is 0 Å². The summed E-state index contributed by atoms with van der Waals surface area (Å²) in [5.41, 5.74) is 6.54. The second-order valence-corrected chi connectivity index (χ2v) is 6.96. The Morgan fingerprint density at radius 1 is 1.47 bits per heavy atom. The van der Waals surface area contributed by atoms with Gasteiger partial charge in [0.25, 0.3) is 0 Å². The molecule has 0 aromatic carbocycles. The van der Waals surface area contributed by atoms with Gasteiger partial charge in [-0.1, -0.05) is 19.1 Å². The Morgan fingerprint density at radius 2 is 2.05 bits per heavy atom. The molecule has 106 valence electrons. The maximum absolute atomic E-state index is 12.3. The summed E-state index contributed by atoms with van der Waals surface area (Å²) in [5.74, 6) is 0. The summed E-state index contributed by atoms with van der Waals surface area (Å²) in [6.07, 6.45) is 4.39. The number of thiocarbonyl (C=S) groups is 1. The lowest BCUT2D eigenvalue weighted by molar-refractivity contribution is 0.467. The van der Waals surface area contributed by atoms with Crippen molar-refractivity contribution in [1.82, 2.24) is 9.29 Å². The normalized spacial score (nSPS) is 13.4. The maximum atomic E-state index is 12.3. The average Bonchev–Trinajstić information content (AvgIpc) is 2.37. The summed E-state index contributed by atoms with van der Waals surface area (Å²) in [5, 5.41) is -0.787. The molecule has 2 N–H and O–H groups in total. The van der Waals surface area contributed by atoms with Crippen LogP contribution in [-0.2, 0) is 16.4 Å². The van der Waals surface area contributed by atoms with Gasteiger partial charge in [0.1, 0.15) is 5.25 Å². The molecule has 7 heteroatoms. The first-order valence-electron chi connectivity index (χ1n) is 6.03. The standard InChI is InChI=1S/C12H19N3O2S2/c1-3-11(12(13)18)19(16,17)15(2)9-6-10-4-7-14-8-5-10/h4-5,7-8,11H,3,6,9H2,1-2H3,(H2,13,18). The Labute approximate surface area is 119 Å². The van der Waals surface area contributed by atoms with E-state index in [9.17, 15) is 8.42 Å². The van der Waals surface area contributed by atoms with Crippen LogP contribution >= 0.6 is 12.2 Å². The van der Waals surface area contributed by atoms with Crippen molar-refractivity contribution in [3.8, 4) is 0 Å². The topological polar surface area (TPSA) is 76.3 Å². The Balaban J connectivity index is 2.71. The van der Waals surface area contributed by atoms with Crippen LogP contribution in [0.5, 0.6) is 0 Å². The van der Waals surface area contributed by atoms with Gasteiger partial charge < -0.3 is 5.73 Å². The van der Waals surface area contributed by atoms with Crippen LogP contribution in [0.2, 0.25) is 0 Å². The zero-order valence-corrected chi connectivity index (χ0v) is 12.7. The predicted molar refractivity (Wildman–Crippen MR) is 80.4 cm³/mol. The van der Waals surface area contributed by atoms with Crippen molar-refractivity contribution < 1.29 is 8.42 Å². The first-order chi connectivity index (χ1) is 8.89. The molecule has 5 nitrogen and oxygen atoms in total. The van der Waals surface area contributed by atoms with E-state index in [1.807, 2.05) is 12.1 Å². The van der Waals surface area contributed by atoms with Gasteiger partial charge in [-0.05, 0) is 30.5 Å². The third-order valence-electron chi connectivity index (χ3n) is 2.95. The molecule has 1 atom stereocenters. The Bertz CT molecular complexity index is 517. The average molecular weight is 301 g/mol. The van der Waals surface area contributed by atoms with Gasteiger partial charge in [-0.3, -0.25) is 4.98 Å². The minimum Gasteiger partial charge on any atom is -0.392 e. The van der Waals surface area contributed by atoms with Gasteiger partial charge in [0.15, 0.2) is 0 Å². The number of rotatable bonds is 7. The molecule has 0 spiro atoms. The van der Waals surface area contributed by atoms with Gasteiger partial charge >= 0.3 is 0 Å². The van der Waals surface area contributed by atoms with Crippen molar-refractivity contribution in [2.45, 2.75) is 25.0 Å². The van der Waals surface area contributed by atoms with Crippen molar-refractivity contribution in [2.24, 2.45) is 5.73 Å². The van der Waals surface area contributed by atoms with Crippen LogP contribution in [-0.4, -0.2) is 41.5 Å². The fraction of sp³-hybridized carbons (Fsp3) is 0.500. The van der Waals surface area contributed by atoms with E-state index in [4.69, 9.17) is 18.0 Å². The van der Waals surface area contributed by atoms with E-state index in [0.29, 0.717) is 19.4 Å². The summed E-state index contributed by atoms with van der Waals surface area (Å²) in [7, 11) is -1.92. The molecule has 1 aromatic heterocycles. The SMILES string of the molecule is CCC(C(N)=S)S(=O)(=O)N(C)CCc1ccncc1. The van der Waals surface area contributed by atoms with Crippen molar-refractivity contribution in [3.63, 3.8) is 0 Å². The third kappa shape index (κ3) is 4.22. The molecule has 0 amide bonds. The van der Waals surface area contributed by atoms with Crippen molar-refractivity contribution >= 4 is 27.2 Å².